The first-order valence-electron chi connectivity index (χ1n) is 18.1. The Morgan fingerprint density at radius 1 is 0.930 bits per heavy atom. The molecule has 296 valence electrons. The molecular weight excluding hydrogens is 733 g/mol. The number of aryl methyl sites for hydroxylation is 5. The highest BCUT2D eigenvalue weighted by atomic mass is 16.5. The number of fused-ring (bicyclic) bond motifs is 3. The van der Waals surface area contributed by atoms with Gasteiger partial charge in [-0.15, -0.1) is 0 Å². The fraction of sp³-hybridized carbons (Fsp3) is 0.282. The van der Waals surface area contributed by atoms with Gasteiger partial charge < -0.3 is 35.4 Å². The Labute approximate surface area is 327 Å². The number of nitrogens with one attached hydrogen (secondary N) is 2. The number of aromatic nitrogens is 6. The minimum absolute atomic E-state index is 0.0173. The van der Waals surface area contributed by atoms with E-state index in [2.05, 4.69) is 32.5 Å². The number of ether oxygens (including phenoxy) is 1. The van der Waals surface area contributed by atoms with Crippen LogP contribution in [0.3, 0.4) is 0 Å². The molecule has 0 saturated heterocycles. The molecule has 0 aliphatic heterocycles. The Balaban J connectivity index is 1.39. The Bertz CT molecular complexity index is 2590. The van der Waals surface area contributed by atoms with Gasteiger partial charge in [0.2, 0.25) is 11.9 Å². The molecule has 6 aromatic rings. The van der Waals surface area contributed by atoms with Crippen molar-refractivity contribution in [1.29, 1.82) is 0 Å². The van der Waals surface area contributed by atoms with E-state index in [9.17, 15) is 19.2 Å². The topological polar surface area (TPSA) is 236 Å². The summed E-state index contributed by atoms with van der Waals surface area (Å²) in [4.78, 5) is 62.5. The number of furan rings is 1. The number of nitrogens with two attached hydrogens (primary N) is 2. The van der Waals surface area contributed by atoms with E-state index in [0.717, 1.165) is 0 Å². The molecule has 6 rings (SSSR count). The van der Waals surface area contributed by atoms with E-state index in [4.69, 9.17) is 25.6 Å². The normalized spacial score (nSPS) is 11.4. The van der Waals surface area contributed by atoms with Gasteiger partial charge >= 0.3 is 0 Å². The molecule has 4 aromatic heterocycles. The van der Waals surface area contributed by atoms with E-state index in [1.165, 1.54) is 19.2 Å². The van der Waals surface area contributed by atoms with Crippen LogP contribution in [0.2, 0.25) is 0 Å². The number of rotatable bonds is 16. The average Bonchev–Trinajstić information content (AvgIpc) is 3.96. The SMILES string of the molecule is C=Nc1cc(C(N)=O)cc(OC)c1N(C/C=C/Cn1c(NC(=O)c2cc(C)nn2CC)nc2cc(C(N)=O)c3oc(C)cc3c21)CNC(=O)c1cc(C)nn1CC. The number of benzene rings is 2. The zero-order valence-corrected chi connectivity index (χ0v) is 32.5. The molecule has 18 nitrogen and oxygen atoms in total. The predicted octanol–water partition coefficient (Wildman–Crippen LogP) is 4.38. The van der Waals surface area contributed by atoms with Crippen LogP contribution < -0.4 is 31.7 Å². The van der Waals surface area contributed by atoms with Crippen molar-refractivity contribution in [3.63, 3.8) is 0 Å². The van der Waals surface area contributed by atoms with Crippen molar-refractivity contribution in [2.24, 2.45) is 16.5 Å². The van der Waals surface area contributed by atoms with Crippen molar-refractivity contribution in [3.05, 3.63) is 88.2 Å². The molecule has 6 N–H and O–H groups in total. The zero-order chi connectivity index (χ0) is 41.1. The van der Waals surface area contributed by atoms with Crippen LogP contribution in [0.25, 0.3) is 22.0 Å². The van der Waals surface area contributed by atoms with Crippen LogP contribution in [0.15, 0.2) is 58.0 Å². The molecule has 0 aliphatic carbocycles. The smallest absolute Gasteiger partial charge is 0.276 e. The number of anilines is 2. The highest BCUT2D eigenvalue weighted by Crippen LogP contribution is 2.39. The van der Waals surface area contributed by atoms with Gasteiger partial charge in [0.1, 0.15) is 34.2 Å². The lowest BCUT2D eigenvalue weighted by Gasteiger charge is -2.27. The third kappa shape index (κ3) is 7.82. The molecule has 0 radical (unpaired) electrons. The number of carbonyl (C=O) groups excluding carboxylic acids is 4. The zero-order valence-electron chi connectivity index (χ0n) is 32.5. The first-order valence-corrected chi connectivity index (χ1v) is 18.1. The van der Waals surface area contributed by atoms with Gasteiger partial charge in [0.05, 0.1) is 47.5 Å². The Morgan fingerprint density at radius 2 is 1.60 bits per heavy atom. The molecule has 0 spiro atoms. The number of aliphatic imine (C=N–C) groups is 1. The van der Waals surface area contributed by atoms with Crippen LogP contribution in [-0.2, 0) is 19.6 Å². The Hall–Kier alpha value is -7.24. The number of hydrogen-bond donors (Lipinski definition) is 4. The molecule has 0 bridgehead atoms. The van der Waals surface area contributed by atoms with Gasteiger partial charge in [-0.3, -0.25) is 38.9 Å². The molecule has 2 aromatic carbocycles. The molecule has 0 fully saturated rings. The largest absolute Gasteiger partial charge is 0.494 e. The Morgan fingerprint density at radius 3 is 2.19 bits per heavy atom. The number of primary amides is 2. The standard InChI is InChI=1S/C39H44N12O6/c1-8-50-29(14-21(3)46-50)37(54)43-20-48(33-27(42-6)17-24(35(40)52)18-31(33)56-7)12-10-11-13-49-32-25-16-23(5)57-34(25)26(36(41)53)19-28(32)44-39(49)45-38(55)30-15-22(4)47-51(30)9-2/h10-11,14-19H,6,8-9,12-13,20H2,1-5,7H3,(H2,40,52)(H2,41,53)(H,43,54)(H,44,45,55)/b11-10+. The second kappa shape index (κ2) is 16.2. The second-order valence-corrected chi connectivity index (χ2v) is 13.2. The third-order valence-electron chi connectivity index (χ3n) is 9.25. The lowest BCUT2D eigenvalue weighted by atomic mass is 10.1. The minimum Gasteiger partial charge on any atom is -0.494 e. The summed E-state index contributed by atoms with van der Waals surface area (Å²) in [5.74, 6) is -1.11. The van der Waals surface area contributed by atoms with Gasteiger partial charge in [-0.05, 0) is 77.7 Å². The lowest BCUT2D eigenvalue weighted by molar-refractivity contribution is 0.0940. The van der Waals surface area contributed by atoms with Crippen LogP contribution >= 0.6 is 0 Å². The molecule has 4 heterocycles. The van der Waals surface area contributed by atoms with Crippen LogP contribution in [0.1, 0.15) is 72.7 Å². The first-order chi connectivity index (χ1) is 27.3. The van der Waals surface area contributed by atoms with Crippen LogP contribution in [0.5, 0.6) is 5.75 Å². The summed E-state index contributed by atoms with van der Waals surface area (Å²) in [6.45, 7) is 14.2. The molecule has 0 aliphatic rings. The molecule has 0 atom stereocenters. The predicted molar refractivity (Wildman–Crippen MR) is 216 cm³/mol. The number of nitrogens with zero attached hydrogens (tertiary/aromatic N) is 8. The maximum Gasteiger partial charge on any atom is 0.276 e. The van der Waals surface area contributed by atoms with E-state index in [0.29, 0.717) is 75.0 Å². The Kier molecular flexibility index (Phi) is 11.2. The molecular formula is C39H44N12O6. The van der Waals surface area contributed by atoms with Crippen molar-refractivity contribution in [3.8, 4) is 5.75 Å². The molecule has 0 unspecified atom stereocenters. The number of methoxy groups -OCH3 is 1. The number of allylic oxidation sites excluding steroid dienone is 1. The van der Waals surface area contributed by atoms with Gasteiger partial charge in [0, 0.05) is 37.1 Å². The number of imidazole rings is 1. The van der Waals surface area contributed by atoms with Crippen molar-refractivity contribution >= 4 is 69.7 Å². The summed E-state index contributed by atoms with van der Waals surface area (Å²) in [6.07, 6.45) is 3.71. The molecule has 0 saturated carbocycles. The summed E-state index contributed by atoms with van der Waals surface area (Å²) in [5, 5.41) is 15.3. The summed E-state index contributed by atoms with van der Waals surface area (Å²) in [7, 11) is 1.45. The maximum atomic E-state index is 13.7. The highest BCUT2D eigenvalue weighted by Gasteiger charge is 2.24. The monoisotopic (exact) mass is 776 g/mol. The summed E-state index contributed by atoms with van der Waals surface area (Å²) < 4.78 is 16.6. The average molecular weight is 777 g/mol. The van der Waals surface area contributed by atoms with Crippen molar-refractivity contribution in [1.82, 2.24) is 34.4 Å². The molecule has 18 heteroatoms. The third-order valence-corrected chi connectivity index (χ3v) is 9.25. The van der Waals surface area contributed by atoms with Crippen LogP contribution in [-0.4, -0.2) is 79.8 Å². The van der Waals surface area contributed by atoms with Gasteiger partial charge in [-0.1, -0.05) is 12.2 Å². The first kappa shape index (κ1) is 39.5. The van der Waals surface area contributed by atoms with E-state index >= 15 is 0 Å². The van der Waals surface area contributed by atoms with Crippen molar-refractivity contribution < 1.29 is 28.3 Å². The number of hydrogen-bond acceptors (Lipinski definition) is 11. The van der Waals surface area contributed by atoms with Crippen molar-refractivity contribution in [2.45, 2.75) is 54.3 Å². The highest BCUT2D eigenvalue weighted by molar-refractivity contribution is 6.14. The van der Waals surface area contributed by atoms with E-state index in [1.807, 2.05) is 32.9 Å². The maximum absolute atomic E-state index is 13.7. The van der Waals surface area contributed by atoms with E-state index in [-0.39, 0.29) is 48.5 Å². The number of carbonyl (C=O) groups is 4. The molecule has 4 amide bonds. The summed E-state index contributed by atoms with van der Waals surface area (Å²) in [6, 6.07) is 9.72. The summed E-state index contributed by atoms with van der Waals surface area (Å²) in [5.41, 5.74) is 15.8. The van der Waals surface area contributed by atoms with Crippen LogP contribution in [0, 0.1) is 20.8 Å². The van der Waals surface area contributed by atoms with E-state index < -0.39 is 17.7 Å². The van der Waals surface area contributed by atoms with Gasteiger partial charge in [-0.2, -0.15) is 10.2 Å². The van der Waals surface area contributed by atoms with Crippen LogP contribution in [0.4, 0.5) is 17.3 Å². The number of amides is 4. The quantitative estimate of drug-likeness (QED) is 0.0615. The fourth-order valence-electron chi connectivity index (χ4n) is 6.71. The summed E-state index contributed by atoms with van der Waals surface area (Å²) >= 11 is 0. The van der Waals surface area contributed by atoms with Gasteiger partial charge in [0.15, 0.2) is 0 Å². The fourth-order valence-corrected chi connectivity index (χ4v) is 6.71. The van der Waals surface area contributed by atoms with E-state index in [1.54, 1.807) is 56.9 Å². The van der Waals surface area contributed by atoms with Gasteiger partial charge in [0.25, 0.3) is 17.7 Å². The second-order valence-electron chi connectivity index (χ2n) is 13.2. The van der Waals surface area contributed by atoms with Gasteiger partial charge in [-0.25, -0.2) is 4.98 Å². The lowest BCUT2D eigenvalue weighted by Crippen LogP contribution is -2.39. The minimum atomic E-state index is -0.687. The molecule has 57 heavy (non-hydrogen) atoms. The van der Waals surface area contributed by atoms with Crippen molar-refractivity contribution in [2.75, 3.05) is 30.5 Å².